The normalized spacial score (nSPS) is 12.0. The lowest BCUT2D eigenvalue weighted by molar-refractivity contribution is 0.544. The summed E-state index contributed by atoms with van der Waals surface area (Å²) in [7, 11) is 0. The molecule has 32 heavy (non-hydrogen) atoms. The van der Waals surface area contributed by atoms with Crippen molar-refractivity contribution in [1.29, 1.82) is 0 Å². The van der Waals surface area contributed by atoms with E-state index in [0.29, 0.717) is 12.0 Å². The largest absolute Gasteiger partial charge is 0.207 e. The molecule has 4 rings (SSSR count). The van der Waals surface area contributed by atoms with Gasteiger partial charge in [0.15, 0.2) is 0 Å². The Morgan fingerprint density at radius 3 is 1.69 bits per heavy atom. The van der Waals surface area contributed by atoms with Crippen LogP contribution in [-0.2, 0) is 12.8 Å². The third-order valence-corrected chi connectivity index (χ3v) is 6.06. The topological polar surface area (TPSA) is 0 Å². The van der Waals surface area contributed by atoms with E-state index in [1.807, 2.05) is 61.5 Å². The predicted octanol–water partition coefficient (Wildman–Crippen LogP) is 8.60. The van der Waals surface area contributed by atoms with Crippen molar-refractivity contribution in [3.05, 3.63) is 119 Å². The molecule has 0 unspecified atom stereocenters. The molecule has 0 radical (unpaired) electrons. The highest BCUT2D eigenvalue weighted by atomic mass is 19.1. The first kappa shape index (κ1) is 22.0. The highest BCUT2D eigenvalue weighted by Crippen LogP contribution is 2.30. The second-order valence-electron chi connectivity index (χ2n) is 8.46. The minimum absolute atomic E-state index is 0.0362. The third kappa shape index (κ3) is 4.96. The minimum Gasteiger partial charge on any atom is -0.207 e. The lowest BCUT2D eigenvalue weighted by Crippen LogP contribution is -2.04. The van der Waals surface area contributed by atoms with E-state index in [4.69, 9.17) is 0 Å². The summed E-state index contributed by atoms with van der Waals surface area (Å²) in [5, 5.41) is 0. The fourth-order valence-corrected chi connectivity index (χ4v) is 4.18. The number of rotatable bonds is 7. The second-order valence-corrected chi connectivity index (χ2v) is 8.46. The molecule has 0 N–H and O–H groups in total. The summed E-state index contributed by atoms with van der Waals surface area (Å²) in [6.45, 7) is 4.17. The molecule has 0 fully saturated rings. The van der Waals surface area contributed by atoms with Crippen molar-refractivity contribution in [3.8, 4) is 22.3 Å². The fraction of sp³-hybridized carbons (Fsp3) is 0.200. The Bertz CT molecular complexity index is 1140. The lowest BCUT2D eigenvalue weighted by Gasteiger charge is -2.14. The molecular weight excluding hydrogens is 398 g/mol. The average molecular weight is 427 g/mol. The molecule has 0 aliphatic carbocycles. The van der Waals surface area contributed by atoms with Gasteiger partial charge in [0.2, 0.25) is 0 Å². The number of hydrogen-bond donors (Lipinski definition) is 0. The quantitative estimate of drug-likeness (QED) is 0.277. The van der Waals surface area contributed by atoms with E-state index >= 15 is 0 Å². The molecule has 4 aromatic carbocycles. The zero-order chi connectivity index (χ0) is 22.5. The van der Waals surface area contributed by atoms with Crippen molar-refractivity contribution in [3.63, 3.8) is 0 Å². The highest BCUT2D eigenvalue weighted by Gasteiger charge is 2.16. The van der Waals surface area contributed by atoms with Gasteiger partial charge in [0.1, 0.15) is 11.6 Å². The highest BCUT2D eigenvalue weighted by molar-refractivity contribution is 5.70. The first-order valence-corrected chi connectivity index (χ1v) is 11.3. The van der Waals surface area contributed by atoms with E-state index in [1.54, 1.807) is 0 Å². The van der Waals surface area contributed by atoms with Gasteiger partial charge in [-0.05, 0) is 64.3 Å². The number of aryl methyl sites for hydroxylation is 1. The summed E-state index contributed by atoms with van der Waals surface area (Å²) in [4.78, 5) is 0. The number of benzene rings is 4. The van der Waals surface area contributed by atoms with Crippen LogP contribution in [0.3, 0.4) is 0 Å². The van der Waals surface area contributed by atoms with Crippen LogP contribution in [0.25, 0.3) is 22.3 Å². The Labute approximate surface area is 189 Å². The third-order valence-electron chi connectivity index (χ3n) is 6.06. The van der Waals surface area contributed by atoms with Gasteiger partial charge in [-0.2, -0.15) is 0 Å². The standard InChI is InChI=1S/C30H28F2/c1-3-7-22-10-12-24(13-11-22)25-14-16-26(17-15-25)27-19-29(31)28(30(32)20-27)18-21(2)23-8-5-4-6-9-23/h4-6,8-17,19-21H,3,7,18H2,1-2H3/t21-/m1/s1. The summed E-state index contributed by atoms with van der Waals surface area (Å²) in [6, 6.07) is 29.2. The van der Waals surface area contributed by atoms with Gasteiger partial charge in [-0.3, -0.25) is 0 Å². The van der Waals surface area contributed by atoms with Gasteiger partial charge in [0.05, 0.1) is 0 Å². The summed E-state index contributed by atoms with van der Waals surface area (Å²) in [6.07, 6.45) is 2.54. The number of hydrogen-bond acceptors (Lipinski definition) is 0. The molecule has 0 bridgehead atoms. The molecule has 0 saturated heterocycles. The van der Waals surface area contributed by atoms with Crippen LogP contribution in [0.2, 0.25) is 0 Å². The van der Waals surface area contributed by atoms with Crippen molar-refractivity contribution in [1.82, 2.24) is 0 Å². The molecule has 2 heteroatoms. The SMILES string of the molecule is CCCc1ccc(-c2ccc(-c3cc(F)c(C[C@@H](C)c4ccccc4)c(F)c3)cc2)cc1. The molecule has 0 aliphatic rings. The van der Waals surface area contributed by atoms with Crippen LogP contribution >= 0.6 is 0 Å². The predicted molar refractivity (Wildman–Crippen MR) is 130 cm³/mol. The van der Waals surface area contributed by atoms with E-state index in [1.165, 1.54) is 17.7 Å². The van der Waals surface area contributed by atoms with Crippen molar-refractivity contribution in [2.45, 2.75) is 39.0 Å². The Morgan fingerprint density at radius 1 is 0.656 bits per heavy atom. The van der Waals surface area contributed by atoms with Crippen LogP contribution in [-0.4, -0.2) is 0 Å². The molecule has 0 nitrogen and oxygen atoms in total. The zero-order valence-corrected chi connectivity index (χ0v) is 18.6. The lowest BCUT2D eigenvalue weighted by atomic mass is 9.92. The van der Waals surface area contributed by atoms with Crippen LogP contribution in [0, 0.1) is 11.6 Å². The molecule has 4 aromatic rings. The molecule has 0 saturated carbocycles. The van der Waals surface area contributed by atoms with E-state index < -0.39 is 11.6 Å². The van der Waals surface area contributed by atoms with Gasteiger partial charge < -0.3 is 0 Å². The van der Waals surface area contributed by atoms with Crippen LogP contribution in [0.1, 0.15) is 42.9 Å². The van der Waals surface area contributed by atoms with E-state index in [9.17, 15) is 8.78 Å². The Balaban J connectivity index is 1.54. The molecule has 0 aliphatic heterocycles. The first-order valence-electron chi connectivity index (χ1n) is 11.3. The molecular formula is C30H28F2. The average Bonchev–Trinajstić information content (AvgIpc) is 2.82. The number of halogens is 2. The van der Waals surface area contributed by atoms with Gasteiger partial charge in [-0.15, -0.1) is 0 Å². The van der Waals surface area contributed by atoms with Gasteiger partial charge in [0.25, 0.3) is 0 Å². The van der Waals surface area contributed by atoms with Gasteiger partial charge in [0, 0.05) is 5.56 Å². The maximum atomic E-state index is 14.9. The zero-order valence-electron chi connectivity index (χ0n) is 18.6. The Hall–Kier alpha value is -3.26. The van der Waals surface area contributed by atoms with Crippen molar-refractivity contribution < 1.29 is 8.78 Å². The van der Waals surface area contributed by atoms with Gasteiger partial charge in [-0.25, -0.2) is 8.78 Å². The first-order chi connectivity index (χ1) is 15.5. The monoisotopic (exact) mass is 426 g/mol. The van der Waals surface area contributed by atoms with E-state index in [0.717, 1.165) is 35.1 Å². The summed E-state index contributed by atoms with van der Waals surface area (Å²) in [5.41, 5.74) is 6.14. The summed E-state index contributed by atoms with van der Waals surface area (Å²) < 4.78 is 29.8. The van der Waals surface area contributed by atoms with Crippen molar-refractivity contribution in [2.75, 3.05) is 0 Å². The van der Waals surface area contributed by atoms with Crippen molar-refractivity contribution >= 4 is 0 Å². The Kier molecular flexibility index (Phi) is 6.80. The smallest absolute Gasteiger partial charge is 0.129 e. The molecule has 0 aromatic heterocycles. The molecule has 162 valence electrons. The second kappa shape index (κ2) is 9.91. The van der Waals surface area contributed by atoms with Crippen molar-refractivity contribution in [2.24, 2.45) is 0 Å². The fourth-order valence-electron chi connectivity index (χ4n) is 4.18. The van der Waals surface area contributed by atoms with Crippen LogP contribution in [0.5, 0.6) is 0 Å². The summed E-state index contributed by atoms with van der Waals surface area (Å²) in [5.74, 6) is -0.939. The molecule has 0 spiro atoms. The Morgan fingerprint density at radius 2 is 1.16 bits per heavy atom. The maximum Gasteiger partial charge on any atom is 0.129 e. The van der Waals surface area contributed by atoms with E-state index in [2.05, 4.69) is 31.2 Å². The van der Waals surface area contributed by atoms with Crippen LogP contribution in [0.15, 0.2) is 91.0 Å². The van der Waals surface area contributed by atoms with Crippen LogP contribution in [0.4, 0.5) is 8.78 Å². The minimum atomic E-state index is -0.488. The summed E-state index contributed by atoms with van der Waals surface area (Å²) >= 11 is 0. The molecule has 1 atom stereocenters. The van der Waals surface area contributed by atoms with Gasteiger partial charge >= 0.3 is 0 Å². The molecule has 0 amide bonds. The molecule has 0 heterocycles. The van der Waals surface area contributed by atoms with Gasteiger partial charge in [-0.1, -0.05) is 99.1 Å². The van der Waals surface area contributed by atoms with E-state index in [-0.39, 0.29) is 11.5 Å². The van der Waals surface area contributed by atoms with Crippen LogP contribution < -0.4 is 0 Å². The maximum absolute atomic E-state index is 14.9.